The molecule has 31 heavy (non-hydrogen) atoms. The summed E-state index contributed by atoms with van der Waals surface area (Å²) in [6, 6.07) is 8.20. The molecule has 0 unspecified atom stereocenters. The fraction of sp³-hybridized carbons (Fsp3) is 0.571. The molecule has 3 heteroatoms. The van der Waals surface area contributed by atoms with Crippen molar-refractivity contribution in [3.8, 4) is 0 Å². The molecule has 0 saturated carbocycles. The lowest BCUT2D eigenvalue weighted by Crippen LogP contribution is -2.25. The minimum absolute atomic E-state index is 0.0941. The van der Waals surface area contributed by atoms with Gasteiger partial charge < -0.3 is 4.90 Å². The molecule has 0 heterocycles. The third-order valence-electron chi connectivity index (χ3n) is 6.06. The van der Waals surface area contributed by atoms with Gasteiger partial charge in [0.25, 0.3) is 0 Å². The quantitative estimate of drug-likeness (QED) is 0.207. The SMILES string of the molecule is CCCCCCCCN(CCCCCCCC)c1ccc(C2=CC(=O)C=CC2=O)cc1. The standard InChI is InChI=1S/C28H41NO2/c1-3-5-7-9-11-13-21-29(22-14-12-10-8-6-4-2)25-17-15-24(16-18-25)27-23-26(30)19-20-28(27)31/h15-20,23H,3-14,21-22H2,1-2H3. The lowest BCUT2D eigenvalue weighted by atomic mass is 9.96. The van der Waals surface area contributed by atoms with Crippen LogP contribution in [-0.4, -0.2) is 24.7 Å². The second-order valence-corrected chi connectivity index (χ2v) is 8.73. The maximum atomic E-state index is 12.1. The molecule has 0 fully saturated rings. The predicted molar refractivity (Wildman–Crippen MR) is 133 cm³/mol. The summed E-state index contributed by atoms with van der Waals surface area (Å²) in [6.07, 6.45) is 19.8. The van der Waals surface area contributed by atoms with E-state index in [0.717, 1.165) is 18.7 Å². The van der Waals surface area contributed by atoms with Gasteiger partial charge >= 0.3 is 0 Å². The smallest absolute Gasteiger partial charge is 0.186 e. The largest absolute Gasteiger partial charge is 0.372 e. The number of hydrogen-bond acceptors (Lipinski definition) is 3. The van der Waals surface area contributed by atoms with Crippen LogP contribution in [0.1, 0.15) is 96.5 Å². The third-order valence-corrected chi connectivity index (χ3v) is 6.06. The van der Waals surface area contributed by atoms with E-state index in [1.807, 2.05) is 12.1 Å². The van der Waals surface area contributed by atoms with E-state index in [9.17, 15) is 9.59 Å². The van der Waals surface area contributed by atoms with Crippen molar-refractivity contribution in [3.63, 3.8) is 0 Å². The van der Waals surface area contributed by atoms with E-state index in [-0.39, 0.29) is 11.6 Å². The van der Waals surface area contributed by atoms with Crippen LogP contribution in [0.5, 0.6) is 0 Å². The van der Waals surface area contributed by atoms with E-state index in [0.29, 0.717) is 5.57 Å². The van der Waals surface area contributed by atoms with E-state index < -0.39 is 0 Å². The number of carbonyl (C=O) groups excluding carboxylic acids is 2. The van der Waals surface area contributed by atoms with Crippen LogP contribution >= 0.6 is 0 Å². The van der Waals surface area contributed by atoms with Crippen LogP contribution < -0.4 is 4.90 Å². The molecule has 0 saturated heterocycles. The molecular weight excluding hydrogens is 382 g/mol. The zero-order valence-corrected chi connectivity index (χ0v) is 19.7. The summed E-state index contributed by atoms with van der Waals surface area (Å²) in [6.45, 7) is 6.69. The lowest BCUT2D eigenvalue weighted by Gasteiger charge is -2.25. The topological polar surface area (TPSA) is 37.4 Å². The summed E-state index contributed by atoms with van der Waals surface area (Å²) < 4.78 is 0. The first-order valence-corrected chi connectivity index (χ1v) is 12.5. The molecular formula is C28H41NO2. The molecule has 0 atom stereocenters. The summed E-state index contributed by atoms with van der Waals surface area (Å²) in [7, 11) is 0. The maximum absolute atomic E-state index is 12.1. The number of rotatable bonds is 16. The zero-order valence-electron chi connectivity index (χ0n) is 19.7. The first kappa shape index (κ1) is 25.1. The Bertz CT molecular complexity index is 714. The highest BCUT2D eigenvalue weighted by molar-refractivity contribution is 6.33. The Morgan fingerprint density at radius 2 is 1.16 bits per heavy atom. The Morgan fingerprint density at radius 1 is 0.645 bits per heavy atom. The molecule has 1 aromatic rings. The first-order chi connectivity index (χ1) is 15.2. The number of hydrogen-bond donors (Lipinski definition) is 0. The van der Waals surface area contributed by atoms with Crippen LogP contribution in [0.2, 0.25) is 0 Å². The van der Waals surface area contributed by atoms with Gasteiger partial charge in [-0.3, -0.25) is 9.59 Å². The van der Waals surface area contributed by atoms with Crippen molar-refractivity contribution in [1.29, 1.82) is 0 Å². The average Bonchev–Trinajstić information content (AvgIpc) is 2.79. The molecule has 0 aliphatic heterocycles. The monoisotopic (exact) mass is 423 g/mol. The molecule has 1 aliphatic carbocycles. The number of allylic oxidation sites excluding steroid dienone is 4. The number of nitrogens with zero attached hydrogens (tertiary/aromatic N) is 1. The lowest BCUT2D eigenvalue weighted by molar-refractivity contribution is -0.113. The van der Waals surface area contributed by atoms with Crippen molar-refractivity contribution in [1.82, 2.24) is 0 Å². The molecule has 0 spiro atoms. The van der Waals surface area contributed by atoms with Gasteiger partial charge in [-0.2, -0.15) is 0 Å². The highest BCUT2D eigenvalue weighted by Crippen LogP contribution is 2.24. The van der Waals surface area contributed by atoms with Crippen LogP contribution in [0, 0.1) is 0 Å². The molecule has 3 nitrogen and oxygen atoms in total. The van der Waals surface area contributed by atoms with Crippen molar-refractivity contribution in [2.24, 2.45) is 0 Å². The van der Waals surface area contributed by atoms with E-state index in [1.54, 1.807) is 0 Å². The van der Waals surface area contributed by atoms with Gasteiger partial charge in [0.15, 0.2) is 11.6 Å². The Hall–Kier alpha value is -2.16. The fourth-order valence-electron chi connectivity index (χ4n) is 4.12. The minimum Gasteiger partial charge on any atom is -0.372 e. The van der Waals surface area contributed by atoms with Crippen LogP contribution in [0.4, 0.5) is 5.69 Å². The Balaban J connectivity index is 1.95. The Morgan fingerprint density at radius 3 is 1.71 bits per heavy atom. The normalized spacial score (nSPS) is 13.5. The Kier molecular flexibility index (Phi) is 12.0. The Labute approximate surface area is 189 Å². The molecule has 0 radical (unpaired) electrons. The predicted octanol–water partition coefficient (Wildman–Crippen LogP) is 7.31. The van der Waals surface area contributed by atoms with Gasteiger partial charge in [-0.1, -0.05) is 90.2 Å². The van der Waals surface area contributed by atoms with Gasteiger partial charge in [0.1, 0.15) is 0 Å². The van der Waals surface area contributed by atoms with Crippen molar-refractivity contribution >= 4 is 22.8 Å². The summed E-state index contributed by atoms with van der Waals surface area (Å²) in [5, 5.41) is 0. The number of anilines is 1. The molecule has 1 aromatic carbocycles. The molecule has 0 N–H and O–H groups in total. The summed E-state index contributed by atoms with van der Waals surface area (Å²) >= 11 is 0. The van der Waals surface area contributed by atoms with Gasteiger partial charge in [0.2, 0.25) is 0 Å². The number of carbonyl (C=O) groups is 2. The molecule has 2 rings (SSSR count). The van der Waals surface area contributed by atoms with Gasteiger partial charge in [-0.05, 0) is 48.8 Å². The maximum Gasteiger partial charge on any atom is 0.186 e. The van der Waals surface area contributed by atoms with Crippen LogP contribution in [-0.2, 0) is 9.59 Å². The molecule has 0 aromatic heterocycles. The van der Waals surface area contributed by atoms with Crippen LogP contribution in [0.3, 0.4) is 0 Å². The zero-order chi connectivity index (χ0) is 22.3. The highest BCUT2D eigenvalue weighted by atomic mass is 16.1. The van der Waals surface area contributed by atoms with E-state index >= 15 is 0 Å². The first-order valence-electron chi connectivity index (χ1n) is 12.5. The summed E-state index contributed by atoms with van der Waals surface area (Å²) in [4.78, 5) is 26.3. The summed E-state index contributed by atoms with van der Waals surface area (Å²) in [5.74, 6) is -0.213. The van der Waals surface area contributed by atoms with Crippen molar-refractivity contribution < 1.29 is 9.59 Å². The van der Waals surface area contributed by atoms with E-state index in [2.05, 4.69) is 30.9 Å². The second-order valence-electron chi connectivity index (χ2n) is 8.73. The molecule has 1 aliphatic rings. The van der Waals surface area contributed by atoms with E-state index in [4.69, 9.17) is 0 Å². The van der Waals surface area contributed by atoms with Crippen molar-refractivity contribution in [3.05, 3.63) is 48.1 Å². The van der Waals surface area contributed by atoms with Crippen molar-refractivity contribution in [2.75, 3.05) is 18.0 Å². The van der Waals surface area contributed by atoms with Crippen molar-refractivity contribution in [2.45, 2.75) is 90.9 Å². The van der Waals surface area contributed by atoms with E-state index in [1.165, 1.54) is 101 Å². The van der Waals surface area contributed by atoms with Crippen LogP contribution in [0.25, 0.3) is 5.57 Å². The molecule has 170 valence electrons. The third kappa shape index (κ3) is 9.25. The van der Waals surface area contributed by atoms with Gasteiger partial charge in [0.05, 0.1) is 0 Å². The van der Waals surface area contributed by atoms with Crippen LogP contribution in [0.15, 0.2) is 42.5 Å². The highest BCUT2D eigenvalue weighted by Gasteiger charge is 2.15. The average molecular weight is 424 g/mol. The fourth-order valence-corrected chi connectivity index (χ4v) is 4.12. The number of ketones is 2. The van der Waals surface area contributed by atoms with Gasteiger partial charge in [0, 0.05) is 24.4 Å². The van der Waals surface area contributed by atoms with Gasteiger partial charge in [-0.25, -0.2) is 0 Å². The number of benzene rings is 1. The number of unbranched alkanes of at least 4 members (excludes halogenated alkanes) is 10. The summed E-state index contributed by atoms with van der Waals surface area (Å²) in [5.41, 5.74) is 2.54. The van der Waals surface area contributed by atoms with Gasteiger partial charge in [-0.15, -0.1) is 0 Å². The minimum atomic E-state index is -0.119. The second kappa shape index (κ2) is 14.8. The molecule has 0 amide bonds. The molecule has 0 bridgehead atoms.